The van der Waals surface area contributed by atoms with E-state index in [0.29, 0.717) is 6.04 Å². The van der Waals surface area contributed by atoms with E-state index in [1.54, 1.807) is 17.4 Å². The second-order valence-corrected chi connectivity index (χ2v) is 8.98. The molecule has 3 unspecified atom stereocenters. The average Bonchev–Trinajstić information content (AvgIpc) is 2.94. The smallest absolute Gasteiger partial charge is 0.248 e. The van der Waals surface area contributed by atoms with E-state index in [1.165, 1.54) is 10.4 Å². The molecular formula is C19H23ClN2O2S. The van der Waals surface area contributed by atoms with Crippen molar-refractivity contribution >= 4 is 22.9 Å². The number of thiophene rings is 1. The Bertz CT molecular complexity index is 818. The fraction of sp³-hybridized carbons (Fsp3) is 0.526. The Morgan fingerprint density at radius 3 is 3.04 bits per heavy atom. The maximum Gasteiger partial charge on any atom is 0.248 e. The number of rotatable bonds is 1. The average molecular weight is 379 g/mol. The van der Waals surface area contributed by atoms with Crippen molar-refractivity contribution in [1.29, 1.82) is 0 Å². The molecule has 4 nitrogen and oxygen atoms in total. The zero-order chi connectivity index (χ0) is 17.4. The SMILES string of the molecule is CC1CC2(CCOCCc3cc(Cl)sc32)CC(c2cccc(=O)[nH]2)N1. The summed E-state index contributed by atoms with van der Waals surface area (Å²) in [5.74, 6) is 0. The molecule has 0 bridgehead atoms. The van der Waals surface area contributed by atoms with E-state index >= 15 is 0 Å². The maximum absolute atomic E-state index is 11.8. The van der Waals surface area contributed by atoms with Crippen LogP contribution < -0.4 is 10.9 Å². The Hall–Kier alpha value is -1.14. The third-order valence-electron chi connectivity index (χ3n) is 5.45. The normalized spacial score (nSPS) is 29.8. The number of aromatic nitrogens is 1. The van der Waals surface area contributed by atoms with Crippen molar-refractivity contribution in [3.8, 4) is 0 Å². The van der Waals surface area contributed by atoms with Gasteiger partial charge in [0.2, 0.25) is 5.56 Å². The summed E-state index contributed by atoms with van der Waals surface area (Å²) in [5.41, 5.74) is 2.30. The van der Waals surface area contributed by atoms with Crippen LogP contribution in [0.1, 0.15) is 48.4 Å². The van der Waals surface area contributed by atoms with Gasteiger partial charge in [-0.2, -0.15) is 0 Å². The molecule has 4 heterocycles. The molecule has 2 aromatic rings. The maximum atomic E-state index is 11.8. The summed E-state index contributed by atoms with van der Waals surface area (Å²) in [4.78, 5) is 16.2. The predicted octanol–water partition coefficient (Wildman–Crippen LogP) is 3.80. The number of hydrogen-bond donors (Lipinski definition) is 2. The van der Waals surface area contributed by atoms with Crippen molar-refractivity contribution in [1.82, 2.24) is 10.3 Å². The van der Waals surface area contributed by atoms with E-state index in [-0.39, 0.29) is 17.0 Å². The third-order valence-corrected chi connectivity index (χ3v) is 7.00. The molecule has 2 aromatic heterocycles. The predicted molar refractivity (Wildman–Crippen MR) is 102 cm³/mol. The largest absolute Gasteiger partial charge is 0.381 e. The van der Waals surface area contributed by atoms with Gasteiger partial charge in [-0.25, -0.2) is 0 Å². The van der Waals surface area contributed by atoms with Gasteiger partial charge in [0, 0.05) is 40.7 Å². The first-order valence-corrected chi connectivity index (χ1v) is 10.1. The quantitative estimate of drug-likeness (QED) is 0.793. The number of ether oxygens (including phenoxy) is 1. The molecule has 1 saturated heterocycles. The van der Waals surface area contributed by atoms with E-state index in [0.717, 1.165) is 48.9 Å². The number of hydrogen-bond acceptors (Lipinski definition) is 4. The molecule has 4 rings (SSSR count). The fourth-order valence-corrected chi connectivity index (χ4v) is 6.01. The van der Waals surface area contributed by atoms with Gasteiger partial charge in [0.15, 0.2) is 0 Å². The lowest BCUT2D eigenvalue weighted by Crippen LogP contribution is -2.48. The third kappa shape index (κ3) is 3.43. The van der Waals surface area contributed by atoms with Gasteiger partial charge in [0.05, 0.1) is 10.9 Å². The highest BCUT2D eigenvalue weighted by molar-refractivity contribution is 7.16. The Balaban J connectivity index is 1.76. The van der Waals surface area contributed by atoms with Crippen molar-refractivity contribution in [3.05, 3.63) is 55.1 Å². The van der Waals surface area contributed by atoms with E-state index < -0.39 is 0 Å². The molecule has 0 saturated carbocycles. The summed E-state index contributed by atoms with van der Waals surface area (Å²) >= 11 is 8.12. The van der Waals surface area contributed by atoms with Crippen LogP contribution in [0.5, 0.6) is 0 Å². The van der Waals surface area contributed by atoms with Crippen molar-refractivity contribution in [3.63, 3.8) is 0 Å². The van der Waals surface area contributed by atoms with Crippen LogP contribution in [0.25, 0.3) is 0 Å². The highest BCUT2D eigenvalue weighted by Gasteiger charge is 2.43. The van der Waals surface area contributed by atoms with Gasteiger partial charge < -0.3 is 15.0 Å². The highest BCUT2D eigenvalue weighted by Crippen LogP contribution is 2.49. The molecule has 1 fully saturated rings. The first-order valence-electron chi connectivity index (χ1n) is 8.87. The topological polar surface area (TPSA) is 54.1 Å². The number of fused-ring (bicyclic) bond motifs is 2. The number of pyridine rings is 1. The minimum Gasteiger partial charge on any atom is -0.381 e. The monoisotopic (exact) mass is 378 g/mol. The van der Waals surface area contributed by atoms with Gasteiger partial charge in [-0.3, -0.25) is 4.79 Å². The zero-order valence-corrected chi connectivity index (χ0v) is 15.9. The molecule has 6 heteroatoms. The lowest BCUT2D eigenvalue weighted by atomic mass is 9.68. The van der Waals surface area contributed by atoms with E-state index in [2.05, 4.69) is 23.3 Å². The van der Waals surface area contributed by atoms with Crippen LogP contribution in [0.4, 0.5) is 0 Å². The Kier molecular flexibility index (Phi) is 4.75. The molecule has 2 aliphatic heterocycles. The Morgan fingerprint density at radius 2 is 2.20 bits per heavy atom. The lowest BCUT2D eigenvalue weighted by molar-refractivity contribution is 0.0881. The summed E-state index contributed by atoms with van der Waals surface area (Å²) in [7, 11) is 0. The molecule has 1 spiro atoms. The van der Waals surface area contributed by atoms with Crippen molar-refractivity contribution < 1.29 is 4.74 Å². The summed E-state index contributed by atoms with van der Waals surface area (Å²) in [6.07, 6.45) is 3.93. The van der Waals surface area contributed by atoms with Crippen LogP contribution in [0.15, 0.2) is 29.1 Å². The van der Waals surface area contributed by atoms with E-state index in [1.807, 2.05) is 12.1 Å². The molecule has 0 amide bonds. The fourth-order valence-electron chi connectivity index (χ4n) is 4.47. The number of halogens is 1. The summed E-state index contributed by atoms with van der Waals surface area (Å²) < 4.78 is 6.71. The second kappa shape index (κ2) is 6.88. The molecule has 0 aromatic carbocycles. The number of aromatic amines is 1. The van der Waals surface area contributed by atoms with Crippen LogP contribution in [-0.2, 0) is 16.6 Å². The van der Waals surface area contributed by atoms with Crippen molar-refractivity contribution in [2.24, 2.45) is 0 Å². The van der Waals surface area contributed by atoms with Gasteiger partial charge in [0.25, 0.3) is 0 Å². The highest BCUT2D eigenvalue weighted by atomic mass is 35.5. The van der Waals surface area contributed by atoms with E-state index in [9.17, 15) is 4.79 Å². The summed E-state index contributed by atoms with van der Waals surface area (Å²) in [5, 5.41) is 3.67. The van der Waals surface area contributed by atoms with Crippen LogP contribution in [-0.4, -0.2) is 24.2 Å². The van der Waals surface area contributed by atoms with Gasteiger partial charge in [-0.1, -0.05) is 17.7 Å². The second-order valence-electron chi connectivity index (χ2n) is 7.30. The van der Waals surface area contributed by atoms with Gasteiger partial charge in [-0.05, 0) is 50.3 Å². The standard InChI is InChI=1S/C19H23ClN2O2S/c1-12-10-19(11-15(21-12)14-3-2-4-17(23)22-14)6-8-24-7-5-13-9-16(20)25-18(13)19/h2-4,9,12,15,21H,5-8,10-11H2,1H3,(H,22,23). The molecule has 2 N–H and O–H groups in total. The lowest BCUT2D eigenvalue weighted by Gasteiger charge is -2.45. The van der Waals surface area contributed by atoms with Crippen molar-refractivity contribution in [2.75, 3.05) is 13.2 Å². The molecular weight excluding hydrogens is 356 g/mol. The van der Waals surface area contributed by atoms with Crippen LogP contribution in [0, 0.1) is 0 Å². The Morgan fingerprint density at radius 1 is 1.32 bits per heavy atom. The summed E-state index contributed by atoms with van der Waals surface area (Å²) in [6, 6.07) is 8.00. The minimum absolute atomic E-state index is 0.0487. The van der Waals surface area contributed by atoms with Crippen LogP contribution in [0.3, 0.4) is 0 Å². The first-order chi connectivity index (χ1) is 12.1. The first kappa shape index (κ1) is 17.3. The van der Waals surface area contributed by atoms with Crippen LogP contribution in [0.2, 0.25) is 4.34 Å². The summed E-state index contributed by atoms with van der Waals surface area (Å²) in [6.45, 7) is 3.77. The number of nitrogens with one attached hydrogen (secondary N) is 2. The number of H-pyrrole nitrogens is 1. The number of piperidine rings is 1. The van der Waals surface area contributed by atoms with Gasteiger partial charge >= 0.3 is 0 Å². The van der Waals surface area contributed by atoms with Crippen LogP contribution >= 0.6 is 22.9 Å². The molecule has 3 atom stereocenters. The van der Waals surface area contributed by atoms with Gasteiger partial charge in [-0.15, -0.1) is 11.3 Å². The molecule has 0 aliphatic carbocycles. The van der Waals surface area contributed by atoms with Gasteiger partial charge in [0.1, 0.15) is 0 Å². The van der Waals surface area contributed by atoms with E-state index in [4.69, 9.17) is 16.3 Å². The minimum atomic E-state index is -0.0487. The Labute approximate surface area is 156 Å². The molecule has 2 aliphatic rings. The zero-order valence-electron chi connectivity index (χ0n) is 14.3. The molecule has 134 valence electrons. The van der Waals surface area contributed by atoms with Crippen molar-refractivity contribution in [2.45, 2.75) is 50.1 Å². The molecule has 25 heavy (non-hydrogen) atoms. The molecule has 0 radical (unpaired) electrons.